The lowest BCUT2D eigenvalue weighted by Gasteiger charge is -2.22. The average molecular weight is 362 g/mol. The number of nitrogens with one attached hydrogen (secondary N) is 1. The molecule has 7 heteroatoms. The van der Waals surface area contributed by atoms with Gasteiger partial charge in [-0.05, 0) is 25.3 Å². The molecule has 6 nitrogen and oxygen atoms in total. The van der Waals surface area contributed by atoms with Gasteiger partial charge in [0, 0.05) is 5.92 Å². The summed E-state index contributed by atoms with van der Waals surface area (Å²) in [4.78, 5) is 20.7. The van der Waals surface area contributed by atoms with Gasteiger partial charge in [-0.3, -0.25) is 0 Å². The Morgan fingerprint density at radius 2 is 2.00 bits per heavy atom. The first-order valence-corrected chi connectivity index (χ1v) is 8.54. The van der Waals surface area contributed by atoms with E-state index in [1.54, 1.807) is 0 Å². The number of aliphatic hydroxyl groups excluding tert-OH is 1. The summed E-state index contributed by atoms with van der Waals surface area (Å²) in [5.41, 5.74) is 0.827. The number of hydrogen-bond donors (Lipinski definition) is 2. The lowest BCUT2D eigenvalue weighted by molar-refractivity contribution is 0.0593. The molecule has 132 valence electrons. The summed E-state index contributed by atoms with van der Waals surface area (Å²) in [5.74, 6) is 0.555. The second-order valence-electron chi connectivity index (χ2n) is 6.15. The molecular weight excluding hydrogens is 342 g/mol. The van der Waals surface area contributed by atoms with Gasteiger partial charge in [-0.15, -0.1) is 0 Å². The molecule has 3 rings (SSSR count). The van der Waals surface area contributed by atoms with Crippen LogP contribution >= 0.6 is 11.6 Å². The third kappa shape index (κ3) is 3.91. The molecule has 0 aliphatic heterocycles. The van der Waals surface area contributed by atoms with Crippen LogP contribution in [0.15, 0.2) is 30.3 Å². The fourth-order valence-corrected chi connectivity index (χ4v) is 2.77. The number of nitrogens with zero attached hydrogens (tertiary/aromatic N) is 2. The molecule has 0 spiro atoms. The molecule has 2 atom stereocenters. The number of halogens is 1. The smallest absolute Gasteiger partial charge is 0.358 e. The molecule has 2 aromatic rings. The summed E-state index contributed by atoms with van der Waals surface area (Å²) in [6.45, 7) is 1.82. The van der Waals surface area contributed by atoms with Gasteiger partial charge < -0.3 is 15.2 Å². The molecule has 1 saturated carbocycles. The quantitative estimate of drug-likeness (QED) is 0.768. The van der Waals surface area contributed by atoms with Crippen molar-refractivity contribution in [1.29, 1.82) is 0 Å². The lowest BCUT2D eigenvalue weighted by Crippen LogP contribution is -2.25. The summed E-state index contributed by atoms with van der Waals surface area (Å²) in [6.07, 6.45) is 1.23. The van der Waals surface area contributed by atoms with Gasteiger partial charge >= 0.3 is 5.97 Å². The summed E-state index contributed by atoms with van der Waals surface area (Å²) in [7, 11) is 1.28. The van der Waals surface area contributed by atoms with Gasteiger partial charge in [-0.25, -0.2) is 14.8 Å². The second-order valence-corrected chi connectivity index (χ2v) is 6.53. The van der Waals surface area contributed by atoms with E-state index in [9.17, 15) is 9.90 Å². The van der Waals surface area contributed by atoms with Crippen molar-refractivity contribution in [2.45, 2.75) is 37.8 Å². The van der Waals surface area contributed by atoms with Crippen LogP contribution in [0.25, 0.3) is 0 Å². The topological polar surface area (TPSA) is 84.3 Å². The van der Waals surface area contributed by atoms with Crippen LogP contribution in [0.2, 0.25) is 5.02 Å². The normalized spacial score (nSPS) is 16.2. The van der Waals surface area contributed by atoms with E-state index < -0.39 is 12.1 Å². The average Bonchev–Trinajstić information content (AvgIpc) is 3.48. The predicted octanol–water partition coefficient (Wildman–Crippen LogP) is 3.33. The van der Waals surface area contributed by atoms with Gasteiger partial charge in [-0.2, -0.15) is 0 Å². The van der Waals surface area contributed by atoms with Crippen molar-refractivity contribution in [2.24, 2.45) is 0 Å². The molecular formula is C18H20ClN3O3. The van der Waals surface area contributed by atoms with E-state index in [0.29, 0.717) is 11.6 Å². The lowest BCUT2D eigenvalue weighted by atomic mass is 10.0. The van der Waals surface area contributed by atoms with Gasteiger partial charge in [0.25, 0.3) is 0 Å². The second kappa shape index (κ2) is 7.37. The number of aliphatic hydroxyl groups is 1. The molecule has 2 N–H and O–H groups in total. The molecule has 1 heterocycles. The monoisotopic (exact) mass is 361 g/mol. The Hall–Kier alpha value is -2.18. The van der Waals surface area contributed by atoms with E-state index in [4.69, 9.17) is 16.3 Å². The number of benzene rings is 1. The van der Waals surface area contributed by atoms with Gasteiger partial charge in [-0.1, -0.05) is 41.9 Å². The van der Waals surface area contributed by atoms with Crippen LogP contribution in [0.3, 0.4) is 0 Å². The van der Waals surface area contributed by atoms with Crippen molar-refractivity contribution in [3.63, 3.8) is 0 Å². The van der Waals surface area contributed by atoms with Crippen LogP contribution < -0.4 is 5.32 Å². The Morgan fingerprint density at radius 1 is 1.32 bits per heavy atom. The van der Waals surface area contributed by atoms with Crippen LogP contribution in [-0.4, -0.2) is 34.2 Å². The van der Waals surface area contributed by atoms with E-state index in [1.807, 2.05) is 37.3 Å². The summed E-state index contributed by atoms with van der Waals surface area (Å²) in [6, 6.07) is 8.94. The number of methoxy groups -OCH3 is 1. The maximum atomic E-state index is 11.9. The number of aromatic nitrogens is 2. The Labute approximate surface area is 151 Å². The van der Waals surface area contributed by atoms with Crippen molar-refractivity contribution >= 4 is 23.4 Å². The van der Waals surface area contributed by atoms with E-state index in [-0.39, 0.29) is 22.7 Å². The minimum atomic E-state index is -0.752. The molecule has 1 aliphatic carbocycles. The van der Waals surface area contributed by atoms with Crippen molar-refractivity contribution in [3.05, 3.63) is 52.4 Å². The van der Waals surface area contributed by atoms with Crippen LogP contribution in [0.4, 0.5) is 5.82 Å². The third-order valence-corrected chi connectivity index (χ3v) is 4.53. The predicted molar refractivity (Wildman–Crippen MR) is 94.8 cm³/mol. The summed E-state index contributed by atoms with van der Waals surface area (Å²) in [5, 5.41) is 13.7. The third-order valence-electron chi connectivity index (χ3n) is 4.17. The fraction of sp³-hybridized carbons (Fsp3) is 0.389. The number of anilines is 1. The molecule has 25 heavy (non-hydrogen) atoms. The zero-order chi connectivity index (χ0) is 18.0. The molecule has 0 bridgehead atoms. The number of carbonyl (C=O) groups is 1. The molecule has 0 saturated heterocycles. The van der Waals surface area contributed by atoms with Crippen molar-refractivity contribution in [2.75, 3.05) is 12.4 Å². The zero-order valence-corrected chi connectivity index (χ0v) is 14.8. The van der Waals surface area contributed by atoms with Gasteiger partial charge in [0.2, 0.25) is 0 Å². The van der Waals surface area contributed by atoms with E-state index >= 15 is 0 Å². The largest absolute Gasteiger partial charge is 0.464 e. The van der Waals surface area contributed by atoms with Crippen LogP contribution in [0.5, 0.6) is 0 Å². The molecule has 2 unspecified atom stereocenters. The van der Waals surface area contributed by atoms with Crippen LogP contribution in [0, 0.1) is 0 Å². The fourth-order valence-electron chi connectivity index (χ4n) is 2.55. The summed E-state index contributed by atoms with van der Waals surface area (Å²) >= 11 is 6.30. The minimum absolute atomic E-state index is 0.0463. The zero-order valence-electron chi connectivity index (χ0n) is 14.1. The minimum Gasteiger partial charge on any atom is -0.464 e. The maximum Gasteiger partial charge on any atom is 0.358 e. The SMILES string of the molecule is COC(=O)c1nc(C2CC2)nc(NC(C)C(O)c2ccccc2)c1Cl. The Morgan fingerprint density at radius 3 is 2.60 bits per heavy atom. The highest BCUT2D eigenvalue weighted by molar-refractivity contribution is 6.35. The van der Waals surface area contributed by atoms with Crippen LogP contribution in [-0.2, 0) is 4.74 Å². The Kier molecular flexibility index (Phi) is 5.20. The standard InChI is InChI=1S/C18H20ClN3O3/c1-10(15(23)11-6-4-3-5-7-11)20-17-13(19)14(18(24)25-2)21-16(22-17)12-8-9-12/h3-7,10,12,15,23H,8-9H2,1-2H3,(H,20,21,22). The first-order chi connectivity index (χ1) is 12.0. The van der Waals surface area contributed by atoms with E-state index in [2.05, 4.69) is 15.3 Å². The first-order valence-electron chi connectivity index (χ1n) is 8.16. The summed E-state index contributed by atoms with van der Waals surface area (Å²) < 4.78 is 4.76. The van der Waals surface area contributed by atoms with E-state index in [0.717, 1.165) is 18.4 Å². The number of carbonyl (C=O) groups excluding carboxylic acids is 1. The Bertz CT molecular complexity index is 766. The Balaban J connectivity index is 1.88. The van der Waals surface area contributed by atoms with Crippen molar-refractivity contribution in [3.8, 4) is 0 Å². The van der Waals surface area contributed by atoms with Crippen molar-refractivity contribution in [1.82, 2.24) is 9.97 Å². The molecule has 1 aliphatic rings. The highest BCUT2D eigenvalue weighted by atomic mass is 35.5. The number of esters is 1. The van der Waals surface area contributed by atoms with Crippen LogP contribution in [0.1, 0.15) is 53.7 Å². The molecule has 0 radical (unpaired) electrons. The van der Waals surface area contributed by atoms with Gasteiger partial charge in [0.1, 0.15) is 16.7 Å². The number of ether oxygens (including phenoxy) is 1. The molecule has 1 aromatic carbocycles. The van der Waals surface area contributed by atoms with Gasteiger partial charge in [0.05, 0.1) is 19.3 Å². The van der Waals surface area contributed by atoms with Crippen molar-refractivity contribution < 1.29 is 14.6 Å². The molecule has 1 fully saturated rings. The molecule has 1 aromatic heterocycles. The number of hydrogen-bond acceptors (Lipinski definition) is 6. The highest BCUT2D eigenvalue weighted by Crippen LogP contribution is 2.40. The first kappa shape index (κ1) is 17.6. The molecule has 0 amide bonds. The highest BCUT2D eigenvalue weighted by Gasteiger charge is 2.30. The van der Waals surface area contributed by atoms with E-state index in [1.165, 1.54) is 7.11 Å². The number of rotatable bonds is 6. The maximum absolute atomic E-state index is 11.9. The van der Waals surface area contributed by atoms with Gasteiger partial charge in [0.15, 0.2) is 5.69 Å².